The minimum atomic E-state index is -3.35. The molecule has 2 rings (SSSR count). The van der Waals surface area contributed by atoms with Gasteiger partial charge in [0.25, 0.3) is 0 Å². The smallest absolute Gasteiger partial charge is 0.210 e. The highest BCUT2D eigenvalue weighted by molar-refractivity contribution is 8.01. The van der Waals surface area contributed by atoms with Crippen molar-refractivity contribution < 1.29 is 8.42 Å². The Morgan fingerprint density at radius 3 is 2.79 bits per heavy atom. The van der Waals surface area contributed by atoms with E-state index in [0.29, 0.717) is 0 Å². The van der Waals surface area contributed by atoms with Crippen LogP contribution in [0.2, 0.25) is 0 Å². The van der Waals surface area contributed by atoms with Gasteiger partial charge in [0.15, 0.2) is 0 Å². The molecule has 0 saturated carbocycles. The standard InChI is InChI=1S/C9H11NO2S2/c10-14(11,12)6-8-5-7-3-1-2-4-9(7)13-8/h1-4,8H,5-6H2,(H2,10,11,12). The van der Waals surface area contributed by atoms with Crippen LogP contribution in [0.15, 0.2) is 29.2 Å². The van der Waals surface area contributed by atoms with Crippen LogP contribution in [0.25, 0.3) is 0 Å². The van der Waals surface area contributed by atoms with Crippen LogP contribution in [0.5, 0.6) is 0 Å². The van der Waals surface area contributed by atoms with Crippen LogP contribution in [-0.2, 0) is 16.4 Å². The average molecular weight is 229 g/mol. The highest BCUT2D eigenvalue weighted by Gasteiger charge is 2.24. The first-order valence-electron chi connectivity index (χ1n) is 4.29. The van der Waals surface area contributed by atoms with Gasteiger partial charge in [0.1, 0.15) is 0 Å². The largest absolute Gasteiger partial charge is 0.229 e. The van der Waals surface area contributed by atoms with Gasteiger partial charge in [0, 0.05) is 10.1 Å². The van der Waals surface area contributed by atoms with Gasteiger partial charge in [0.05, 0.1) is 5.75 Å². The van der Waals surface area contributed by atoms with Crippen molar-refractivity contribution in [3.8, 4) is 0 Å². The number of thioether (sulfide) groups is 1. The molecule has 0 spiro atoms. The zero-order valence-corrected chi connectivity index (χ0v) is 9.14. The van der Waals surface area contributed by atoms with Crippen molar-refractivity contribution in [3.63, 3.8) is 0 Å². The molecule has 0 saturated heterocycles. The molecule has 0 radical (unpaired) electrons. The molecule has 1 aliphatic rings. The molecule has 1 heterocycles. The van der Waals surface area contributed by atoms with Gasteiger partial charge in [-0.3, -0.25) is 0 Å². The molecular weight excluding hydrogens is 218 g/mol. The van der Waals surface area contributed by atoms with Crippen LogP contribution < -0.4 is 5.14 Å². The van der Waals surface area contributed by atoms with Crippen molar-refractivity contribution in [2.75, 3.05) is 5.75 Å². The Bertz CT molecular complexity index is 417. The SMILES string of the molecule is NS(=O)(=O)CC1Cc2ccccc2S1. The molecule has 5 heteroatoms. The summed E-state index contributed by atoms with van der Waals surface area (Å²) < 4.78 is 21.8. The molecule has 1 aliphatic heterocycles. The summed E-state index contributed by atoms with van der Waals surface area (Å²) in [5, 5.41) is 5.09. The van der Waals surface area contributed by atoms with Gasteiger partial charge in [-0.05, 0) is 18.1 Å². The summed E-state index contributed by atoms with van der Waals surface area (Å²) in [7, 11) is -3.35. The summed E-state index contributed by atoms with van der Waals surface area (Å²) in [4.78, 5) is 1.18. The molecular formula is C9H11NO2S2. The van der Waals surface area contributed by atoms with E-state index in [1.807, 2.05) is 24.3 Å². The van der Waals surface area contributed by atoms with Crippen LogP contribution in [0.4, 0.5) is 0 Å². The summed E-state index contributed by atoms with van der Waals surface area (Å²) in [5.74, 6) is 0.0619. The van der Waals surface area contributed by atoms with Crippen LogP contribution in [0.3, 0.4) is 0 Å². The van der Waals surface area contributed by atoms with Crippen LogP contribution in [0, 0.1) is 0 Å². The van der Waals surface area contributed by atoms with Crippen LogP contribution in [-0.4, -0.2) is 19.4 Å². The molecule has 1 unspecified atom stereocenters. The lowest BCUT2D eigenvalue weighted by atomic mass is 10.1. The van der Waals surface area contributed by atoms with E-state index in [1.54, 1.807) is 11.8 Å². The maximum absolute atomic E-state index is 10.9. The molecule has 1 aromatic rings. The minimum absolute atomic E-state index is 0.0619. The Morgan fingerprint density at radius 1 is 1.43 bits per heavy atom. The lowest BCUT2D eigenvalue weighted by Crippen LogP contribution is -2.24. The van der Waals surface area contributed by atoms with Gasteiger partial charge in [-0.15, -0.1) is 11.8 Å². The van der Waals surface area contributed by atoms with E-state index < -0.39 is 10.0 Å². The van der Waals surface area contributed by atoms with Gasteiger partial charge < -0.3 is 0 Å². The van der Waals surface area contributed by atoms with E-state index in [-0.39, 0.29) is 11.0 Å². The fourth-order valence-electron chi connectivity index (χ4n) is 1.61. The molecule has 0 amide bonds. The zero-order valence-electron chi connectivity index (χ0n) is 7.51. The fraction of sp³-hybridized carbons (Fsp3) is 0.333. The first-order chi connectivity index (χ1) is 6.54. The number of hydrogen-bond donors (Lipinski definition) is 1. The highest BCUT2D eigenvalue weighted by Crippen LogP contribution is 2.36. The second-order valence-corrected chi connectivity index (χ2v) is 6.38. The van der Waals surface area contributed by atoms with Crippen molar-refractivity contribution >= 4 is 21.8 Å². The first kappa shape index (κ1) is 10.0. The number of fused-ring (bicyclic) bond motifs is 1. The quantitative estimate of drug-likeness (QED) is 0.822. The van der Waals surface area contributed by atoms with E-state index in [0.717, 1.165) is 6.42 Å². The van der Waals surface area contributed by atoms with Crippen molar-refractivity contribution in [2.45, 2.75) is 16.6 Å². The molecule has 14 heavy (non-hydrogen) atoms. The van der Waals surface area contributed by atoms with Gasteiger partial charge in [-0.2, -0.15) is 0 Å². The Kier molecular flexibility index (Phi) is 2.55. The normalized spacial score (nSPS) is 20.8. The summed E-state index contributed by atoms with van der Waals surface area (Å²) in [6.45, 7) is 0. The molecule has 0 aliphatic carbocycles. The topological polar surface area (TPSA) is 60.2 Å². The van der Waals surface area contributed by atoms with Crippen molar-refractivity contribution in [3.05, 3.63) is 29.8 Å². The number of nitrogens with two attached hydrogens (primary N) is 1. The third-order valence-electron chi connectivity index (χ3n) is 2.13. The Hall–Kier alpha value is -0.520. The Balaban J connectivity index is 2.13. The van der Waals surface area contributed by atoms with Crippen LogP contribution >= 0.6 is 11.8 Å². The second kappa shape index (κ2) is 3.56. The highest BCUT2D eigenvalue weighted by atomic mass is 32.2. The number of rotatable bonds is 2. The average Bonchev–Trinajstić information content (AvgIpc) is 2.42. The molecule has 1 aromatic carbocycles. The summed E-state index contributed by atoms with van der Waals surface area (Å²) in [5.41, 5.74) is 1.23. The van der Waals surface area contributed by atoms with Gasteiger partial charge in [-0.25, -0.2) is 13.6 Å². The van der Waals surface area contributed by atoms with Crippen molar-refractivity contribution in [1.82, 2.24) is 0 Å². The molecule has 2 N–H and O–H groups in total. The molecule has 0 fully saturated rings. The third kappa shape index (κ3) is 2.29. The van der Waals surface area contributed by atoms with E-state index in [2.05, 4.69) is 0 Å². The number of primary sulfonamides is 1. The maximum atomic E-state index is 10.9. The van der Waals surface area contributed by atoms with E-state index in [4.69, 9.17) is 5.14 Å². The fourth-order valence-corrected chi connectivity index (χ4v) is 4.17. The van der Waals surface area contributed by atoms with Gasteiger partial charge in [-0.1, -0.05) is 18.2 Å². The monoisotopic (exact) mass is 229 g/mol. The Morgan fingerprint density at radius 2 is 2.14 bits per heavy atom. The second-order valence-electron chi connectivity index (χ2n) is 3.38. The Labute approximate surface area is 87.7 Å². The number of sulfonamides is 1. The maximum Gasteiger partial charge on any atom is 0.210 e. The van der Waals surface area contributed by atoms with Gasteiger partial charge in [0.2, 0.25) is 10.0 Å². The molecule has 0 aromatic heterocycles. The van der Waals surface area contributed by atoms with E-state index in [9.17, 15) is 8.42 Å². The minimum Gasteiger partial charge on any atom is -0.229 e. The zero-order chi connectivity index (χ0) is 10.2. The lowest BCUT2D eigenvalue weighted by Gasteiger charge is -2.04. The summed E-state index contributed by atoms with van der Waals surface area (Å²) >= 11 is 1.60. The first-order valence-corrected chi connectivity index (χ1v) is 6.89. The molecule has 0 bridgehead atoms. The van der Waals surface area contributed by atoms with Crippen molar-refractivity contribution in [2.24, 2.45) is 5.14 Å². The van der Waals surface area contributed by atoms with Crippen molar-refractivity contribution in [1.29, 1.82) is 0 Å². The predicted octanol–water partition coefficient (Wildman–Crippen LogP) is 0.992. The molecule has 3 nitrogen and oxygen atoms in total. The predicted molar refractivity (Wildman–Crippen MR) is 57.8 cm³/mol. The summed E-state index contributed by atoms with van der Waals surface area (Å²) in [6.07, 6.45) is 0.803. The molecule has 1 atom stereocenters. The number of hydrogen-bond acceptors (Lipinski definition) is 3. The third-order valence-corrected chi connectivity index (χ3v) is 4.53. The van der Waals surface area contributed by atoms with Crippen LogP contribution in [0.1, 0.15) is 5.56 Å². The van der Waals surface area contributed by atoms with E-state index >= 15 is 0 Å². The number of benzene rings is 1. The van der Waals surface area contributed by atoms with E-state index in [1.165, 1.54) is 10.5 Å². The van der Waals surface area contributed by atoms with Gasteiger partial charge >= 0.3 is 0 Å². The summed E-state index contributed by atoms with van der Waals surface area (Å²) in [6, 6.07) is 7.98. The lowest BCUT2D eigenvalue weighted by molar-refractivity contribution is 0.596. The molecule has 76 valence electrons.